The number of phenolic OH excluding ortho intramolecular Hbond substituents is 1. The Hall–Kier alpha value is -3.75. The maximum Gasteiger partial charge on any atom is 0.349 e. The van der Waals surface area contributed by atoms with Crippen LogP contribution in [0, 0.1) is 18.2 Å². The number of hydrogen-bond donors (Lipinski definition) is 1. The Morgan fingerprint density at radius 1 is 1.16 bits per heavy atom. The number of piperidine rings is 1. The van der Waals surface area contributed by atoms with Crippen LogP contribution in [0.15, 0.2) is 39.5 Å². The highest BCUT2D eigenvalue weighted by Gasteiger charge is 2.42. The molecular formula is C28H27F2N3O4. The Balaban J connectivity index is 1.51. The smallest absolute Gasteiger partial charge is 0.349 e. The van der Waals surface area contributed by atoms with Crippen molar-refractivity contribution < 1.29 is 23.0 Å². The van der Waals surface area contributed by atoms with Gasteiger partial charge < -0.3 is 19.2 Å². The van der Waals surface area contributed by atoms with Crippen molar-refractivity contribution in [2.24, 2.45) is 5.41 Å². The number of fused-ring (bicyclic) bond motifs is 2. The minimum atomic E-state index is -0.738. The predicted molar refractivity (Wildman–Crippen MR) is 137 cm³/mol. The Labute approximate surface area is 211 Å². The summed E-state index contributed by atoms with van der Waals surface area (Å²) in [6, 6.07) is 7.48. The zero-order valence-corrected chi connectivity index (χ0v) is 20.7. The van der Waals surface area contributed by atoms with E-state index in [0.717, 1.165) is 19.3 Å². The fourth-order valence-electron chi connectivity index (χ4n) is 6.12. The molecule has 6 rings (SSSR count). The van der Waals surface area contributed by atoms with Crippen molar-refractivity contribution in [3.8, 4) is 23.1 Å². The molecule has 1 aliphatic heterocycles. The molecule has 2 aliphatic rings. The van der Waals surface area contributed by atoms with E-state index in [1.54, 1.807) is 19.1 Å². The maximum atomic E-state index is 14.9. The molecule has 1 saturated heterocycles. The van der Waals surface area contributed by atoms with Crippen LogP contribution in [0.25, 0.3) is 33.0 Å². The van der Waals surface area contributed by atoms with Crippen LogP contribution in [0.4, 0.5) is 14.6 Å². The molecule has 0 radical (unpaired) electrons. The minimum Gasteiger partial charge on any atom is -0.508 e. The number of rotatable bonds is 3. The monoisotopic (exact) mass is 507 g/mol. The maximum absolute atomic E-state index is 14.9. The van der Waals surface area contributed by atoms with Crippen molar-refractivity contribution in [3.05, 3.63) is 52.1 Å². The van der Waals surface area contributed by atoms with Crippen LogP contribution < -0.4 is 15.3 Å². The van der Waals surface area contributed by atoms with Gasteiger partial charge in [-0.25, -0.2) is 13.6 Å². The molecule has 1 unspecified atom stereocenters. The van der Waals surface area contributed by atoms with E-state index in [2.05, 4.69) is 9.97 Å². The normalized spacial score (nSPS) is 19.2. The van der Waals surface area contributed by atoms with Gasteiger partial charge in [-0.3, -0.25) is 0 Å². The summed E-state index contributed by atoms with van der Waals surface area (Å²) in [7, 11) is 1.45. The van der Waals surface area contributed by atoms with E-state index in [0.29, 0.717) is 48.2 Å². The number of benzene rings is 2. The molecule has 37 heavy (non-hydrogen) atoms. The second-order valence-electron chi connectivity index (χ2n) is 10.3. The standard InChI is InChI=1S/C28H27F2N3O4/c1-15-23-22(26(35)37-24(15)19-13-18(34)12-16-4-3-5-20(30)21(16)19)25(32-27(31-23)36-2)33-10-8-28(9-11-33)7-6-17(29)14-28/h3-5,12-13,17,34H,6-11,14H2,1-2H3. The zero-order chi connectivity index (χ0) is 25.9. The lowest BCUT2D eigenvalue weighted by atomic mass is 9.77. The summed E-state index contributed by atoms with van der Waals surface area (Å²) >= 11 is 0. The van der Waals surface area contributed by atoms with Gasteiger partial charge in [0.25, 0.3) is 0 Å². The molecule has 2 aromatic heterocycles. The molecular weight excluding hydrogens is 480 g/mol. The Morgan fingerprint density at radius 2 is 1.95 bits per heavy atom. The highest BCUT2D eigenvalue weighted by atomic mass is 19.1. The second-order valence-corrected chi connectivity index (χ2v) is 10.3. The lowest BCUT2D eigenvalue weighted by Crippen LogP contribution is -2.40. The molecule has 192 valence electrons. The second kappa shape index (κ2) is 8.68. The molecule has 4 aromatic rings. The van der Waals surface area contributed by atoms with Crippen LogP contribution in [-0.2, 0) is 0 Å². The third kappa shape index (κ3) is 3.88. The van der Waals surface area contributed by atoms with Crippen molar-refractivity contribution in [1.82, 2.24) is 9.97 Å². The number of ether oxygens (including phenoxy) is 1. The molecule has 1 aliphatic carbocycles. The van der Waals surface area contributed by atoms with Gasteiger partial charge >= 0.3 is 11.6 Å². The summed E-state index contributed by atoms with van der Waals surface area (Å²) in [6.07, 6.45) is 2.98. The topological polar surface area (TPSA) is 88.7 Å². The van der Waals surface area contributed by atoms with Gasteiger partial charge in [-0.05, 0) is 68.0 Å². The van der Waals surface area contributed by atoms with E-state index in [1.165, 1.54) is 25.3 Å². The number of aromatic nitrogens is 2. The predicted octanol–water partition coefficient (Wildman–Crippen LogP) is 5.67. The number of phenols is 1. The molecule has 2 fully saturated rings. The number of nitrogens with zero attached hydrogens (tertiary/aromatic N) is 3. The third-order valence-electron chi connectivity index (χ3n) is 8.07. The summed E-state index contributed by atoms with van der Waals surface area (Å²) in [6.45, 7) is 2.99. The highest BCUT2D eigenvalue weighted by Crippen LogP contribution is 2.48. The number of hydrogen-bond acceptors (Lipinski definition) is 7. The van der Waals surface area contributed by atoms with Gasteiger partial charge in [0.1, 0.15) is 28.9 Å². The summed E-state index contributed by atoms with van der Waals surface area (Å²) in [5, 5.41) is 11.2. The van der Waals surface area contributed by atoms with Crippen LogP contribution >= 0.6 is 0 Å². The summed E-state index contributed by atoms with van der Waals surface area (Å²) in [5.41, 5.74) is 0.440. The van der Waals surface area contributed by atoms with Crippen LogP contribution in [0.5, 0.6) is 11.8 Å². The van der Waals surface area contributed by atoms with Crippen LogP contribution in [-0.4, -0.2) is 41.4 Å². The molecule has 1 saturated carbocycles. The largest absolute Gasteiger partial charge is 0.508 e. The molecule has 1 atom stereocenters. The first-order valence-electron chi connectivity index (χ1n) is 12.5. The zero-order valence-electron chi connectivity index (χ0n) is 20.7. The summed E-state index contributed by atoms with van der Waals surface area (Å²) in [5.74, 6) is -0.0456. The number of methoxy groups -OCH3 is 1. The number of anilines is 1. The molecule has 7 nitrogen and oxygen atoms in total. The lowest BCUT2D eigenvalue weighted by Gasteiger charge is -2.40. The van der Waals surface area contributed by atoms with Crippen molar-refractivity contribution in [3.63, 3.8) is 0 Å². The van der Waals surface area contributed by atoms with Gasteiger partial charge in [-0.1, -0.05) is 12.1 Å². The molecule has 3 heterocycles. The van der Waals surface area contributed by atoms with Gasteiger partial charge in [-0.15, -0.1) is 0 Å². The van der Waals surface area contributed by atoms with Crippen molar-refractivity contribution >= 4 is 27.5 Å². The van der Waals surface area contributed by atoms with E-state index in [4.69, 9.17) is 9.15 Å². The number of alkyl halides is 1. The Morgan fingerprint density at radius 3 is 2.65 bits per heavy atom. The van der Waals surface area contributed by atoms with Crippen LogP contribution in [0.1, 0.15) is 37.7 Å². The van der Waals surface area contributed by atoms with Gasteiger partial charge in [0.15, 0.2) is 5.82 Å². The lowest BCUT2D eigenvalue weighted by molar-refractivity contribution is 0.203. The fourth-order valence-corrected chi connectivity index (χ4v) is 6.12. The van der Waals surface area contributed by atoms with Crippen molar-refractivity contribution in [2.75, 3.05) is 25.1 Å². The van der Waals surface area contributed by atoms with Crippen LogP contribution in [0.3, 0.4) is 0 Å². The van der Waals surface area contributed by atoms with Crippen LogP contribution in [0.2, 0.25) is 0 Å². The molecule has 1 spiro atoms. The van der Waals surface area contributed by atoms with E-state index in [-0.39, 0.29) is 39.3 Å². The minimum absolute atomic E-state index is 0.0109. The van der Waals surface area contributed by atoms with E-state index in [1.807, 2.05) is 4.90 Å². The van der Waals surface area contributed by atoms with Crippen molar-refractivity contribution in [1.29, 1.82) is 0 Å². The average Bonchev–Trinajstić information content (AvgIpc) is 3.25. The SMILES string of the molecule is COc1nc(N2CCC3(CCC(F)C3)CC2)c2c(=O)oc(-c3cc(O)cc4cccc(F)c34)c(C)c2n1. The number of halogens is 2. The van der Waals surface area contributed by atoms with E-state index in [9.17, 15) is 18.7 Å². The molecule has 1 N–H and O–H groups in total. The third-order valence-corrected chi connectivity index (χ3v) is 8.07. The van der Waals surface area contributed by atoms with Gasteiger partial charge in [0.2, 0.25) is 0 Å². The number of aromatic hydroxyl groups is 1. The first kappa shape index (κ1) is 23.6. The Kier molecular flexibility index (Phi) is 5.54. The average molecular weight is 508 g/mol. The van der Waals surface area contributed by atoms with E-state index >= 15 is 0 Å². The van der Waals surface area contributed by atoms with Gasteiger partial charge in [0.05, 0.1) is 12.6 Å². The van der Waals surface area contributed by atoms with E-state index < -0.39 is 17.6 Å². The Bertz CT molecular complexity index is 1590. The van der Waals surface area contributed by atoms with Crippen molar-refractivity contribution in [2.45, 2.75) is 45.2 Å². The van der Waals surface area contributed by atoms with Gasteiger partial charge in [0, 0.05) is 29.6 Å². The molecule has 0 amide bonds. The summed E-state index contributed by atoms with van der Waals surface area (Å²) in [4.78, 5) is 24.5. The summed E-state index contributed by atoms with van der Waals surface area (Å²) < 4.78 is 40.1. The molecule has 9 heteroatoms. The molecule has 2 aromatic carbocycles. The molecule has 0 bridgehead atoms. The first-order valence-corrected chi connectivity index (χ1v) is 12.5. The number of aryl methyl sites for hydroxylation is 1. The van der Waals surface area contributed by atoms with Gasteiger partial charge in [-0.2, -0.15) is 9.97 Å². The first-order chi connectivity index (χ1) is 17.8. The quantitative estimate of drug-likeness (QED) is 0.382. The highest BCUT2D eigenvalue weighted by molar-refractivity contribution is 6.00. The fraction of sp³-hybridized carbons (Fsp3) is 0.393.